The number of nitrogens with zero attached hydrogens (tertiary/aromatic N) is 1. The van der Waals surface area contributed by atoms with Crippen molar-refractivity contribution >= 4 is 11.8 Å². The summed E-state index contributed by atoms with van der Waals surface area (Å²) in [6, 6.07) is 12.5. The first-order chi connectivity index (χ1) is 13.0. The minimum Gasteiger partial charge on any atom is -0.459 e. The van der Waals surface area contributed by atoms with E-state index in [1.807, 2.05) is 51.1 Å². The van der Waals surface area contributed by atoms with Gasteiger partial charge in [-0.2, -0.15) is 0 Å². The topological polar surface area (TPSA) is 71.8 Å². The molecular weight excluding hydrogens is 344 g/mol. The van der Waals surface area contributed by atoms with Crippen molar-refractivity contribution in [2.75, 3.05) is 13.1 Å². The van der Waals surface area contributed by atoms with Gasteiger partial charge < -0.3 is 19.4 Å². The van der Waals surface area contributed by atoms with Gasteiger partial charge in [0.2, 0.25) is 5.91 Å². The third kappa shape index (κ3) is 4.57. The van der Waals surface area contributed by atoms with Crippen LogP contribution in [0.15, 0.2) is 53.1 Å². The van der Waals surface area contributed by atoms with Crippen LogP contribution in [0.25, 0.3) is 0 Å². The molecule has 3 rings (SSSR count). The Hall–Kier alpha value is -2.60. The summed E-state index contributed by atoms with van der Waals surface area (Å²) in [5.74, 6) is -0.329. The molecule has 1 aromatic heterocycles. The Bertz CT molecular complexity index is 758. The number of rotatable bonds is 5. The number of ether oxygens (including phenoxy) is 1. The number of carbonyl (C=O) groups is 2. The molecule has 2 amide bonds. The van der Waals surface area contributed by atoms with Gasteiger partial charge in [0, 0.05) is 6.54 Å². The van der Waals surface area contributed by atoms with E-state index < -0.39 is 6.04 Å². The standard InChI is InChI=1S/C21H26N2O4/c1-14(2)19(22-20(24)17-10-7-11-26-17)21(25)23-12-15(3)27-18(13-23)16-8-5-4-6-9-16/h4-11,14-15,18-19H,12-13H2,1-3H3,(H,22,24)/t15-,18-,19-/m1/s1. The van der Waals surface area contributed by atoms with Crippen LogP contribution in [0.2, 0.25) is 0 Å². The van der Waals surface area contributed by atoms with E-state index in [1.54, 1.807) is 17.0 Å². The zero-order valence-corrected chi connectivity index (χ0v) is 15.9. The van der Waals surface area contributed by atoms with Crippen LogP contribution in [0, 0.1) is 5.92 Å². The highest BCUT2D eigenvalue weighted by Gasteiger charge is 2.35. The van der Waals surface area contributed by atoms with Crippen molar-refractivity contribution in [3.05, 3.63) is 60.1 Å². The first-order valence-corrected chi connectivity index (χ1v) is 9.29. The highest BCUT2D eigenvalue weighted by Crippen LogP contribution is 2.26. The minimum absolute atomic E-state index is 0.0512. The second-order valence-electron chi connectivity index (χ2n) is 7.26. The van der Waals surface area contributed by atoms with Crippen molar-refractivity contribution in [1.29, 1.82) is 0 Å². The third-order valence-corrected chi connectivity index (χ3v) is 4.71. The average molecular weight is 370 g/mol. The molecule has 0 aliphatic carbocycles. The van der Waals surface area contributed by atoms with Crippen molar-refractivity contribution in [1.82, 2.24) is 10.2 Å². The van der Waals surface area contributed by atoms with Gasteiger partial charge in [-0.25, -0.2) is 0 Å². The lowest BCUT2D eigenvalue weighted by Gasteiger charge is -2.39. The van der Waals surface area contributed by atoms with Gasteiger partial charge in [0.1, 0.15) is 12.1 Å². The lowest BCUT2D eigenvalue weighted by molar-refractivity contribution is -0.147. The predicted octanol–water partition coefficient (Wildman–Crippen LogP) is 3.02. The Labute approximate surface area is 159 Å². The van der Waals surface area contributed by atoms with Crippen LogP contribution in [0.1, 0.15) is 43.0 Å². The molecule has 0 bridgehead atoms. The van der Waals surface area contributed by atoms with Gasteiger partial charge in [0.15, 0.2) is 5.76 Å². The zero-order valence-electron chi connectivity index (χ0n) is 15.9. The number of hydrogen-bond acceptors (Lipinski definition) is 4. The Morgan fingerprint density at radius 3 is 2.48 bits per heavy atom. The second kappa shape index (κ2) is 8.39. The van der Waals surface area contributed by atoms with E-state index in [0.29, 0.717) is 13.1 Å². The highest BCUT2D eigenvalue weighted by atomic mass is 16.5. The van der Waals surface area contributed by atoms with E-state index in [0.717, 1.165) is 5.56 Å². The maximum absolute atomic E-state index is 13.2. The van der Waals surface area contributed by atoms with E-state index in [2.05, 4.69) is 5.32 Å². The van der Waals surface area contributed by atoms with Crippen molar-refractivity contribution in [3.8, 4) is 0 Å². The largest absolute Gasteiger partial charge is 0.459 e. The van der Waals surface area contributed by atoms with Crippen LogP contribution in [0.5, 0.6) is 0 Å². The fourth-order valence-corrected chi connectivity index (χ4v) is 3.31. The zero-order chi connectivity index (χ0) is 19.4. The molecule has 2 heterocycles. The molecule has 0 radical (unpaired) electrons. The summed E-state index contributed by atoms with van der Waals surface area (Å²) in [4.78, 5) is 27.3. The van der Waals surface area contributed by atoms with Gasteiger partial charge in [0.05, 0.1) is 18.9 Å². The van der Waals surface area contributed by atoms with Gasteiger partial charge in [-0.05, 0) is 30.5 Å². The average Bonchev–Trinajstić information content (AvgIpc) is 3.20. The molecule has 3 atom stereocenters. The lowest BCUT2D eigenvalue weighted by Crippen LogP contribution is -2.55. The van der Waals surface area contributed by atoms with E-state index in [9.17, 15) is 9.59 Å². The number of hydrogen-bond donors (Lipinski definition) is 1. The van der Waals surface area contributed by atoms with Crippen molar-refractivity contribution in [2.24, 2.45) is 5.92 Å². The third-order valence-electron chi connectivity index (χ3n) is 4.71. The molecule has 6 nitrogen and oxygen atoms in total. The normalized spacial score (nSPS) is 21.1. The molecule has 0 unspecified atom stereocenters. The molecule has 0 saturated carbocycles. The Kier molecular flexibility index (Phi) is 5.96. The molecular formula is C21H26N2O4. The summed E-state index contributed by atoms with van der Waals surface area (Å²) in [6.07, 6.45) is 1.18. The number of nitrogens with one attached hydrogen (secondary N) is 1. The smallest absolute Gasteiger partial charge is 0.287 e. The number of amides is 2. The molecule has 1 aromatic carbocycles. The van der Waals surface area contributed by atoms with Crippen LogP contribution in [0.4, 0.5) is 0 Å². The fraction of sp³-hybridized carbons (Fsp3) is 0.429. The molecule has 2 aromatic rings. The monoisotopic (exact) mass is 370 g/mol. The molecule has 1 N–H and O–H groups in total. The van der Waals surface area contributed by atoms with Crippen LogP contribution in [-0.2, 0) is 9.53 Å². The summed E-state index contributed by atoms with van der Waals surface area (Å²) in [7, 11) is 0. The predicted molar refractivity (Wildman–Crippen MR) is 101 cm³/mol. The maximum atomic E-state index is 13.2. The summed E-state index contributed by atoms with van der Waals surface area (Å²) >= 11 is 0. The van der Waals surface area contributed by atoms with Crippen molar-refractivity contribution in [3.63, 3.8) is 0 Å². The number of furan rings is 1. The SMILES string of the molecule is CC(C)[C@@H](NC(=O)c1ccco1)C(=O)N1C[C@@H](C)O[C@@H](c2ccccc2)C1. The first-order valence-electron chi connectivity index (χ1n) is 9.29. The first kappa shape index (κ1) is 19.2. The summed E-state index contributed by atoms with van der Waals surface area (Å²) in [6.45, 7) is 6.77. The molecule has 6 heteroatoms. The van der Waals surface area contributed by atoms with Gasteiger partial charge in [-0.15, -0.1) is 0 Å². The van der Waals surface area contributed by atoms with E-state index in [4.69, 9.17) is 9.15 Å². The van der Waals surface area contributed by atoms with Gasteiger partial charge in [0.25, 0.3) is 5.91 Å². The molecule has 1 aliphatic heterocycles. The van der Waals surface area contributed by atoms with Gasteiger partial charge in [-0.1, -0.05) is 44.2 Å². The Balaban J connectivity index is 1.73. The molecule has 1 fully saturated rings. The van der Waals surface area contributed by atoms with Crippen LogP contribution >= 0.6 is 0 Å². The Morgan fingerprint density at radius 1 is 1.11 bits per heavy atom. The summed E-state index contributed by atoms with van der Waals surface area (Å²) in [5, 5.41) is 2.82. The van der Waals surface area contributed by atoms with Crippen LogP contribution < -0.4 is 5.32 Å². The van der Waals surface area contributed by atoms with E-state index >= 15 is 0 Å². The number of carbonyl (C=O) groups excluding carboxylic acids is 2. The molecule has 27 heavy (non-hydrogen) atoms. The van der Waals surface area contributed by atoms with Crippen molar-refractivity contribution < 1.29 is 18.7 Å². The highest BCUT2D eigenvalue weighted by molar-refractivity contribution is 5.95. The number of benzene rings is 1. The van der Waals surface area contributed by atoms with Crippen molar-refractivity contribution in [2.45, 2.75) is 39.0 Å². The second-order valence-corrected chi connectivity index (χ2v) is 7.26. The van der Waals surface area contributed by atoms with Gasteiger partial charge >= 0.3 is 0 Å². The van der Waals surface area contributed by atoms with E-state index in [1.165, 1.54) is 6.26 Å². The van der Waals surface area contributed by atoms with Crippen LogP contribution in [-0.4, -0.2) is 41.9 Å². The number of morpholine rings is 1. The van der Waals surface area contributed by atoms with Crippen LogP contribution in [0.3, 0.4) is 0 Å². The quantitative estimate of drug-likeness (QED) is 0.878. The lowest BCUT2D eigenvalue weighted by atomic mass is 10.0. The molecule has 1 saturated heterocycles. The van der Waals surface area contributed by atoms with Gasteiger partial charge in [-0.3, -0.25) is 9.59 Å². The summed E-state index contributed by atoms with van der Waals surface area (Å²) < 4.78 is 11.2. The minimum atomic E-state index is -0.621. The maximum Gasteiger partial charge on any atom is 0.287 e. The molecule has 144 valence electrons. The molecule has 0 spiro atoms. The Morgan fingerprint density at radius 2 is 1.85 bits per heavy atom. The van der Waals surface area contributed by atoms with E-state index in [-0.39, 0.29) is 35.7 Å². The summed E-state index contributed by atoms with van der Waals surface area (Å²) in [5.41, 5.74) is 1.04. The fourth-order valence-electron chi connectivity index (χ4n) is 3.31. The molecule has 1 aliphatic rings.